The predicted molar refractivity (Wildman–Crippen MR) is 303 cm³/mol. The average molecular weight is 1250 g/mol. The van der Waals surface area contributed by atoms with Crippen LogP contribution in [0.15, 0.2) is 97.6 Å². The van der Waals surface area contributed by atoms with Gasteiger partial charge in [0.15, 0.2) is 0 Å². The second-order valence-corrected chi connectivity index (χ2v) is 19.7. The molecule has 14 nitrogen and oxygen atoms in total. The standard InChI is InChI=1S/C30H36F4N4O.C26H28F4N7O.C2H7N.Cs/c1-18(2)24(17-36-20-13-14-20)29(39)35-15-7-8-21-16-23-22(28(37-21)19(3)30(32,33)34)9-6-12-26(23)38-27-11-5-4-10-25(27)31;1-16(26(28,29)30)23-20-9-6-10-22(33-19(15-27)11-13-36(3)4)21(20)14-18(34-23)8-7-12-31-25(38)24-32-17(2)35-37(24)5;1-3-2;/h6-9,12,16-18,20,25,27,36,38H,3-5,10-11,13-15H2,1-2H3,(H,35,39);6-10,14-15,33H,1,3,11-13H2,2,4-5H3,(H,31,38);3H,1-2H3;/q;-1;;+1/b8-7+,24-17+;8-7+,19-15-;;. The SMILES string of the molecule is C=C(c1nc(/C=C/CNC(=O)/C(=C/NC2CC2)C(C)C)cc2c(NC3CCCCC3F)cccc12)C(F)(F)F.C=C(c1nc(/C=C/CNC(=O)c2nc(C)nn2C)cc2c(N/C(=C\F)CCN([CH2-])C)cccc12)C(F)(F)F.CNC.[Cs+]. The summed E-state index contributed by atoms with van der Waals surface area (Å²) in [4.78, 5) is 39.1. The Kier molecular flexibility index (Phi) is 26.8. The first-order valence-electron chi connectivity index (χ1n) is 26.1. The fraction of sp³-hybridized carbons (Fsp3) is 0.397. The zero-order valence-corrected chi connectivity index (χ0v) is 53.4. The van der Waals surface area contributed by atoms with Gasteiger partial charge in [0.25, 0.3) is 5.91 Å². The van der Waals surface area contributed by atoms with Gasteiger partial charge in [-0.15, -0.1) is 0 Å². The molecule has 2 amide bonds. The van der Waals surface area contributed by atoms with Crippen molar-refractivity contribution in [1.82, 2.24) is 50.9 Å². The minimum Gasteiger partial charge on any atom is -0.461 e. The third-order valence-electron chi connectivity index (χ3n) is 12.6. The van der Waals surface area contributed by atoms with E-state index in [2.05, 4.69) is 72.2 Å². The van der Waals surface area contributed by atoms with E-state index >= 15 is 0 Å². The molecule has 5 aromatic rings. The van der Waals surface area contributed by atoms with Crippen LogP contribution in [-0.2, 0) is 11.8 Å². The van der Waals surface area contributed by atoms with Crippen molar-refractivity contribution in [2.75, 3.05) is 51.4 Å². The van der Waals surface area contributed by atoms with Crippen molar-refractivity contribution in [3.63, 3.8) is 0 Å². The third kappa shape index (κ3) is 20.5. The van der Waals surface area contributed by atoms with Gasteiger partial charge < -0.3 is 36.8 Å². The van der Waals surface area contributed by atoms with Crippen LogP contribution in [0.5, 0.6) is 0 Å². The van der Waals surface area contributed by atoms with Crippen molar-refractivity contribution < 1.29 is 114 Å². The van der Waals surface area contributed by atoms with E-state index in [1.54, 1.807) is 92.8 Å². The molecule has 0 aliphatic heterocycles. The topological polar surface area (TPSA) is 166 Å². The van der Waals surface area contributed by atoms with Crippen molar-refractivity contribution in [2.45, 2.75) is 96.3 Å². The largest absolute Gasteiger partial charge is 1.00 e. The number of alkyl halides is 7. The first kappa shape index (κ1) is 68.1. The van der Waals surface area contributed by atoms with Crippen LogP contribution in [0.1, 0.15) is 98.0 Å². The van der Waals surface area contributed by atoms with Crippen molar-refractivity contribution in [1.29, 1.82) is 0 Å². The zero-order chi connectivity index (χ0) is 58.9. The number of nitrogens with one attached hydrogen (secondary N) is 6. The molecule has 7 rings (SSSR count). The number of carbonyl (C=O) groups is 2. The number of aromatic nitrogens is 5. The van der Waals surface area contributed by atoms with E-state index in [0.717, 1.165) is 25.7 Å². The number of rotatable bonds is 20. The minimum absolute atomic E-state index is 0. The van der Waals surface area contributed by atoms with Crippen LogP contribution in [0.3, 0.4) is 0 Å². The van der Waals surface area contributed by atoms with E-state index in [0.29, 0.717) is 71.7 Å². The number of anilines is 2. The summed E-state index contributed by atoms with van der Waals surface area (Å²) in [5.41, 5.74) is -0.488. The Morgan fingerprint density at radius 3 is 1.84 bits per heavy atom. The molecular weight excluding hydrogens is 1180 g/mol. The third-order valence-corrected chi connectivity index (χ3v) is 12.6. The molecule has 2 atom stereocenters. The molecule has 0 bridgehead atoms. The van der Waals surface area contributed by atoms with Crippen LogP contribution in [0.4, 0.5) is 46.5 Å². The number of hydrogen-bond donors (Lipinski definition) is 6. The van der Waals surface area contributed by atoms with Gasteiger partial charge in [0, 0.05) is 83.0 Å². The molecule has 2 aliphatic carbocycles. The molecule has 23 heteroatoms. The monoisotopic (exact) mass is 1250 g/mol. The maximum Gasteiger partial charge on any atom is 1.00 e. The number of aryl methyl sites for hydroxylation is 2. The van der Waals surface area contributed by atoms with Gasteiger partial charge in [-0.05, 0) is 103 Å². The summed E-state index contributed by atoms with van der Waals surface area (Å²) < 4.78 is 111. The number of benzene rings is 2. The summed E-state index contributed by atoms with van der Waals surface area (Å²) in [6.07, 6.45) is 3.36. The minimum atomic E-state index is -4.71. The Hall–Kier alpha value is -5.41. The molecule has 2 aromatic carbocycles. The molecule has 3 heterocycles. The summed E-state index contributed by atoms with van der Waals surface area (Å²) in [5.74, 6) is -0.0710. The molecule has 2 unspecified atom stereocenters. The quantitative estimate of drug-likeness (QED) is 0.0251. The molecular formula is C58H71CsF8N12O2. The molecule has 2 aliphatic rings. The average Bonchev–Trinajstić information content (AvgIpc) is 4.19. The second kappa shape index (κ2) is 31.9. The Labute approximate surface area is 527 Å². The number of amides is 2. The fourth-order valence-electron chi connectivity index (χ4n) is 8.31. The van der Waals surface area contributed by atoms with Gasteiger partial charge in [-0.2, -0.15) is 31.4 Å². The second-order valence-electron chi connectivity index (χ2n) is 19.7. The van der Waals surface area contributed by atoms with Crippen LogP contribution in [0.2, 0.25) is 0 Å². The maximum atomic E-state index is 14.6. The predicted octanol–water partition coefficient (Wildman–Crippen LogP) is 8.79. The van der Waals surface area contributed by atoms with E-state index in [-0.39, 0.29) is 139 Å². The Morgan fingerprint density at radius 2 is 1.36 bits per heavy atom. The number of fused-ring (bicyclic) bond motifs is 2. The first-order valence-corrected chi connectivity index (χ1v) is 26.1. The van der Waals surface area contributed by atoms with E-state index in [1.807, 2.05) is 27.9 Å². The summed E-state index contributed by atoms with van der Waals surface area (Å²) in [6.45, 7) is 12.7. The van der Waals surface area contributed by atoms with Crippen molar-refractivity contribution in [3.8, 4) is 0 Å². The zero-order valence-electron chi connectivity index (χ0n) is 47.1. The maximum absolute atomic E-state index is 14.6. The number of hydrogen-bond acceptors (Lipinski definition) is 11. The van der Waals surface area contributed by atoms with Gasteiger partial charge in [-0.25, -0.2) is 28.4 Å². The molecule has 81 heavy (non-hydrogen) atoms. The molecule has 432 valence electrons. The molecule has 0 saturated heterocycles. The fourth-order valence-corrected chi connectivity index (χ4v) is 8.31. The van der Waals surface area contributed by atoms with Crippen LogP contribution in [0, 0.1) is 19.9 Å². The summed E-state index contributed by atoms with van der Waals surface area (Å²) in [6, 6.07) is 12.9. The van der Waals surface area contributed by atoms with Crippen molar-refractivity contribution in [2.24, 2.45) is 13.0 Å². The Bertz CT molecular complexity index is 3090. The number of carbonyl (C=O) groups excluding carboxylic acids is 2. The van der Waals surface area contributed by atoms with Crippen molar-refractivity contribution >= 4 is 68.0 Å². The van der Waals surface area contributed by atoms with Gasteiger partial charge in [0.2, 0.25) is 11.7 Å². The van der Waals surface area contributed by atoms with Crippen LogP contribution >= 0.6 is 0 Å². The van der Waals surface area contributed by atoms with Crippen LogP contribution < -0.4 is 101 Å². The molecule has 2 fully saturated rings. The molecule has 6 N–H and O–H groups in total. The molecule has 2 saturated carbocycles. The first-order chi connectivity index (χ1) is 37.9. The van der Waals surface area contributed by atoms with E-state index in [4.69, 9.17) is 0 Å². The normalized spacial score (nSPS) is 15.9. The Balaban J connectivity index is 0.000000329. The number of allylic oxidation sites excluding steroid dienone is 2. The van der Waals surface area contributed by atoms with Gasteiger partial charge >= 0.3 is 81.2 Å². The molecule has 3 aromatic heterocycles. The molecule has 0 spiro atoms. The smallest absolute Gasteiger partial charge is 0.461 e. The van der Waals surface area contributed by atoms with Gasteiger partial charge in [0.05, 0.1) is 40.0 Å². The van der Waals surface area contributed by atoms with E-state index in [1.165, 1.54) is 16.8 Å². The van der Waals surface area contributed by atoms with Crippen LogP contribution in [-0.4, -0.2) is 113 Å². The summed E-state index contributed by atoms with van der Waals surface area (Å²) in [5, 5.41) is 23.1. The number of halogens is 8. The number of pyridine rings is 2. The van der Waals surface area contributed by atoms with Gasteiger partial charge in [-0.3, -0.25) is 16.6 Å². The van der Waals surface area contributed by atoms with E-state index in [9.17, 15) is 44.7 Å². The Morgan fingerprint density at radius 1 is 0.827 bits per heavy atom. The van der Waals surface area contributed by atoms with Gasteiger partial charge in [0.1, 0.15) is 18.3 Å². The van der Waals surface area contributed by atoms with Gasteiger partial charge in [-0.1, -0.05) is 76.3 Å². The van der Waals surface area contributed by atoms with Crippen LogP contribution in [0.25, 0.3) is 44.8 Å². The number of nitrogens with zero attached hydrogens (tertiary/aromatic N) is 6. The summed E-state index contributed by atoms with van der Waals surface area (Å²) in [7, 11) is 10.8. The summed E-state index contributed by atoms with van der Waals surface area (Å²) >= 11 is 0. The van der Waals surface area contributed by atoms with E-state index < -0.39 is 41.6 Å². The molecule has 0 radical (unpaired) electrons. The van der Waals surface area contributed by atoms with Crippen molar-refractivity contribution in [3.05, 3.63) is 139 Å².